The molecule has 0 unspecified atom stereocenters. The van der Waals surface area contributed by atoms with E-state index in [1.807, 2.05) is 37.3 Å². The molecule has 0 spiro atoms. The second kappa shape index (κ2) is 7.77. The minimum absolute atomic E-state index is 0.297. The topological polar surface area (TPSA) is 49.0 Å². The van der Waals surface area contributed by atoms with E-state index in [1.54, 1.807) is 7.11 Å². The average molecular weight is 394 g/mol. The first-order valence-electron chi connectivity index (χ1n) is 7.79. The molecule has 2 aromatic rings. The van der Waals surface area contributed by atoms with Gasteiger partial charge in [-0.25, -0.2) is 0 Å². The molecule has 1 N–H and O–H groups in total. The molecule has 2 aromatic carbocycles. The third-order valence-corrected chi connectivity index (χ3v) is 4.45. The van der Waals surface area contributed by atoms with E-state index in [0.717, 1.165) is 45.1 Å². The van der Waals surface area contributed by atoms with Crippen LogP contribution in [0.3, 0.4) is 0 Å². The van der Waals surface area contributed by atoms with E-state index in [2.05, 4.69) is 21.2 Å². The van der Waals surface area contributed by atoms with Crippen LogP contribution >= 0.6 is 15.9 Å². The highest BCUT2D eigenvalue weighted by Gasteiger charge is 2.13. The summed E-state index contributed by atoms with van der Waals surface area (Å²) in [5.74, 6) is 3.09. The molecule has 1 aliphatic rings. The van der Waals surface area contributed by atoms with Crippen molar-refractivity contribution < 1.29 is 18.9 Å². The first-order valence-corrected chi connectivity index (χ1v) is 8.59. The summed E-state index contributed by atoms with van der Waals surface area (Å²) in [6, 6.07) is 9.91. The maximum atomic E-state index is 5.58. The number of nitrogens with one attached hydrogen (secondary N) is 1. The van der Waals surface area contributed by atoms with Gasteiger partial charge < -0.3 is 24.3 Å². The number of fused-ring (bicyclic) bond motifs is 1. The number of benzene rings is 2. The van der Waals surface area contributed by atoms with Gasteiger partial charge >= 0.3 is 0 Å². The quantitative estimate of drug-likeness (QED) is 0.773. The lowest BCUT2D eigenvalue weighted by Gasteiger charge is -2.13. The Balaban J connectivity index is 1.64. The first kappa shape index (κ1) is 16.9. The van der Waals surface area contributed by atoms with Crippen LogP contribution < -0.4 is 24.3 Å². The molecule has 0 saturated heterocycles. The van der Waals surface area contributed by atoms with E-state index < -0.39 is 0 Å². The van der Waals surface area contributed by atoms with Gasteiger partial charge in [0.15, 0.2) is 23.0 Å². The molecular formula is C18H20BrNO4. The maximum absolute atomic E-state index is 5.58. The maximum Gasteiger partial charge on any atom is 0.231 e. The normalized spacial score (nSPS) is 12.3. The number of methoxy groups -OCH3 is 1. The highest BCUT2D eigenvalue weighted by Crippen LogP contribution is 2.34. The molecule has 5 nitrogen and oxygen atoms in total. The lowest BCUT2D eigenvalue weighted by molar-refractivity contribution is 0.174. The van der Waals surface area contributed by atoms with Gasteiger partial charge in [0.1, 0.15) is 0 Å². The van der Waals surface area contributed by atoms with Crippen molar-refractivity contribution in [1.29, 1.82) is 0 Å². The molecule has 3 rings (SSSR count). The molecule has 0 atom stereocenters. The van der Waals surface area contributed by atoms with E-state index in [1.165, 1.54) is 0 Å². The smallest absolute Gasteiger partial charge is 0.231 e. The van der Waals surface area contributed by atoms with Crippen molar-refractivity contribution in [3.63, 3.8) is 0 Å². The molecule has 0 amide bonds. The van der Waals surface area contributed by atoms with Gasteiger partial charge in [-0.15, -0.1) is 0 Å². The van der Waals surface area contributed by atoms with Crippen LogP contribution in [0, 0.1) is 0 Å². The summed E-state index contributed by atoms with van der Waals surface area (Å²) in [6.07, 6.45) is 0. The summed E-state index contributed by atoms with van der Waals surface area (Å²) in [6.45, 7) is 4.29. The minimum atomic E-state index is 0.297. The number of rotatable bonds is 7. The van der Waals surface area contributed by atoms with Crippen LogP contribution in [0.2, 0.25) is 0 Å². The number of ether oxygens (including phenoxy) is 4. The Kier molecular flexibility index (Phi) is 5.48. The van der Waals surface area contributed by atoms with Gasteiger partial charge in [0.25, 0.3) is 0 Å². The number of hydrogen-bond donors (Lipinski definition) is 1. The Morgan fingerprint density at radius 2 is 1.92 bits per heavy atom. The molecule has 0 bridgehead atoms. The molecular weight excluding hydrogens is 374 g/mol. The summed E-state index contributed by atoms with van der Waals surface area (Å²) in [5, 5.41) is 3.43. The predicted molar refractivity (Wildman–Crippen MR) is 95.0 cm³/mol. The second-order valence-electron chi connectivity index (χ2n) is 5.32. The SMILES string of the molecule is CCOc1cc(Br)c(CNCc2ccc3c(c2)OCO3)cc1OC. The molecule has 24 heavy (non-hydrogen) atoms. The summed E-state index contributed by atoms with van der Waals surface area (Å²) < 4.78 is 22.7. The van der Waals surface area contributed by atoms with Gasteiger partial charge in [0.05, 0.1) is 13.7 Å². The third kappa shape index (κ3) is 3.76. The molecule has 0 saturated carbocycles. The highest BCUT2D eigenvalue weighted by molar-refractivity contribution is 9.10. The molecule has 6 heteroatoms. The summed E-state index contributed by atoms with van der Waals surface area (Å²) in [4.78, 5) is 0. The van der Waals surface area contributed by atoms with Gasteiger partial charge in [-0.3, -0.25) is 0 Å². The molecule has 1 heterocycles. The van der Waals surface area contributed by atoms with Crippen molar-refractivity contribution in [2.45, 2.75) is 20.0 Å². The van der Waals surface area contributed by atoms with Gasteiger partial charge in [-0.05, 0) is 42.3 Å². The fourth-order valence-electron chi connectivity index (χ4n) is 2.53. The average Bonchev–Trinajstić information content (AvgIpc) is 3.05. The van der Waals surface area contributed by atoms with Crippen LogP contribution in [0.25, 0.3) is 0 Å². The summed E-state index contributed by atoms with van der Waals surface area (Å²) in [7, 11) is 1.65. The number of hydrogen-bond acceptors (Lipinski definition) is 5. The Morgan fingerprint density at radius 3 is 2.71 bits per heavy atom. The Labute approximate surface area is 150 Å². The fraction of sp³-hybridized carbons (Fsp3) is 0.333. The van der Waals surface area contributed by atoms with Crippen LogP contribution in [0.1, 0.15) is 18.1 Å². The molecule has 1 aliphatic heterocycles. The zero-order valence-electron chi connectivity index (χ0n) is 13.7. The van der Waals surface area contributed by atoms with E-state index in [0.29, 0.717) is 19.9 Å². The van der Waals surface area contributed by atoms with Gasteiger partial charge in [0.2, 0.25) is 6.79 Å². The minimum Gasteiger partial charge on any atom is -0.493 e. The standard InChI is InChI=1S/C18H20BrNO4/c1-3-22-18-8-14(19)13(7-16(18)21-2)10-20-9-12-4-5-15-17(6-12)24-11-23-15/h4-8,20H,3,9-11H2,1-2H3. The zero-order valence-corrected chi connectivity index (χ0v) is 15.3. The predicted octanol–water partition coefficient (Wildman–Crippen LogP) is 3.87. The number of halogens is 1. The molecule has 128 valence electrons. The van der Waals surface area contributed by atoms with Crippen LogP contribution in [-0.4, -0.2) is 20.5 Å². The molecule has 0 radical (unpaired) electrons. The largest absolute Gasteiger partial charge is 0.493 e. The van der Waals surface area contributed by atoms with Crippen molar-refractivity contribution >= 4 is 15.9 Å². The van der Waals surface area contributed by atoms with Crippen LogP contribution in [-0.2, 0) is 13.1 Å². The van der Waals surface area contributed by atoms with Crippen LogP contribution in [0.5, 0.6) is 23.0 Å². The summed E-state index contributed by atoms with van der Waals surface area (Å²) >= 11 is 3.60. The van der Waals surface area contributed by atoms with Crippen molar-refractivity contribution in [1.82, 2.24) is 5.32 Å². The van der Waals surface area contributed by atoms with Crippen LogP contribution in [0.4, 0.5) is 0 Å². The van der Waals surface area contributed by atoms with Crippen molar-refractivity contribution in [3.05, 3.63) is 45.9 Å². The lowest BCUT2D eigenvalue weighted by atomic mass is 10.1. The Hall–Kier alpha value is -1.92. The van der Waals surface area contributed by atoms with Gasteiger partial charge in [-0.1, -0.05) is 22.0 Å². The Morgan fingerprint density at radius 1 is 1.08 bits per heavy atom. The van der Waals surface area contributed by atoms with Gasteiger partial charge in [-0.2, -0.15) is 0 Å². The Bertz CT molecular complexity index is 720. The van der Waals surface area contributed by atoms with Crippen molar-refractivity contribution in [3.8, 4) is 23.0 Å². The third-order valence-electron chi connectivity index (χ3n) is 3.71. The second-order valence-corrected chi connectivity index (χ2v) is 6.17. The lowest BCUT2D eigenvalue weighted by Crippen LogP contribution is -2.13. The van der Waals surface area contributed by atoms with Gasteiger partial charge in [0, 0.05) is 17.6 Å². The first-order chi connectivity index (χ1) is 11.7. The van der Waals surface area contributed by atoms with Crippen molar-refractivity contribution in [2.75, 3.05) is 20.5 Å². The molecule has 0 aliphatic carbocycles. The van der Waals surface area contributed by atoms with E-state index in [-0.39, 0.29) is 0 Å². The van der Waals surface area contributed by atoms with E-state index in [9.17, 15) is 0 Å². The monoisotopic (exact) mass is 393 g/mol. The van der Waals surface area contributed by atoms with Crippen molar-refractivity contribution in [2.24, 2.45) is 0 Å². The molecule has 0 aromatic heterocycles. The van der Waals surface area contributed by atoms with E-state index in [4.69, 9.17) is 18.9 Å². The fourth-order valence-corrected chi connectivity index (χ4v) is 3.00. The van der Waals surface area contributed by atoms with E-state index >= 15 is 0 Å². The summed E-state index contributed by atoms with van der Waals surface area (Å²) in [5.41, 5.74) is 2.25. The molecule has 0 fully saturated rings. The van der Waals surface area contributed by atoms with Crippen LogP contribution in [0.15, 0.2) is 34.8 Å². The highest BCUT2D eigenvalue weighted by atomic mass is 79.9. The zero-order chi connectivity index (χ0) is 16.9.